The molecule has 2 aromatic carbocycles. The highest BCUT2D eigenvalue weighted by Gasteiger charge is 2.44. The molecule has 0 radical (unpaired) electrons. The van der Waals surface area contributed by atoms with Crippen LogP contribution in [0.2, 0.25) is 0 Å². The standard InChI is InChI=1S/C62H78N14O14/c1-35-51(69-59(87)53-45(77)29-37-17-5-7-19-39(37)67-53)61(89)75-27-15-11-21-41(75)55(83)63-31-47(79)72(4)34-50(82)74-26-14-10-24-44(74)58(86)66-36(2)52(70-60(88)54-46(78)30-38-18-6-8-20-40(38)68-54)62(90)76-28-16-12-22-42(76)56(84)64-32-48(80)71(3)33-49(81)73-25-13-9-23-43(73)57(85)65-35/h5-8,17-20,29-30,35-36,41-44,51-52,77-78H,9-16,21-28,31-34H2,1-4H3,(H,63,83)(H,64,84)(H,65,85)(H,66,86)(H,69,87)(H,70,88)/t35-,36+,41-,42+,43-,44+,51+,52-. The number of carbonyl (C=O) groups excluding carboxylic acids is 12. The van der Waals surface area contributed by atoms with Gasteiger partial charge in [-0.25, -0.2) is 9.97 Å². The molecule has 0 saturated carbocycles. The summed E-state index contributed by atoms with van der Waals surface area (Å²) in [5.41, 5.74) is -0.135. The zero-order valence-corrected chi connectivity index (χ0v) is 50.9. The van der Waals surface area contributed by atoms with Gasteiger partial charge in [-0.1, -0.05) is 36.4 Å². The molecule has 12 amide bonds. The molecule has 0 aliphatic carbocycles. The molecule has 4 aromatic rings. The Labute approximate surface area is 519 Å². The number of benzene rings is 2. The van der Waals surface area contributed by atoms with Crippen LogP contribution in [0.4, 0.5) is 0 Å². The molecule has 5 aliphatic heterocycles. The molecular weight excluding hydrogens is 1160 g/mol. The van der Waals surface area contributed by atoms with Crippen LogP contribution in [0.1, 0.15) is 112 Å². The highest BCUT2D eigenvalue weighted by atomic mass is 16.3. The fraction of sp³-hybridized carbons (Fsp3) is 0.516. The number of nitrogens with zero attached hydrogens (tertiary/aromatic N) is 8. The molecule has 28 nitrogen and oxygen atoms in total. The van der Waals surface area contributed by atoms with Crippen molar-refractivity contribution in [2.45, 2.75) is 139 Å². The Bertz CT molecular complexity index is 3250. The lowest BCUT2D eigenvalue weighted by Gasteiger charge is -2.40. The van der Waals surface area contributed by atoms with Crippen LogP contribution in [-0.2, 0) is 47.9 Å². The van der Waals surface area contributed by atoms with Crippen LogP contribution in [0.3, 0.4) is 0 Å². The van der Waals surface area contributed by atoms with Crippen molar-refractivity contribution in [3.63, 3.8) is 0 Å². The fourth-order valence-corrected chi connectivity index (χ4v) is 12.5. The molecule has 5 saturated heterocycles. The third kappa shape index (κ3) is 14.8. The number of rotatable bonds is 4. The molecule has 5 aliphatic rings. The van der Waals surface area contributed by atoms with Gasteiger partial charge in [0.2, 0.25) is 59.1 Å². The van der Waals surface area contributed by atoms with Gasteiger partial charge in [0.15, 0.2) is 11.4 Å². The minimum atomic E-state index is -1.61. The fourth-order valence-electron chi connectivity index (χ4n) is 12.5. The average molecular weight is 1240 g/mol. The van der Waals surface area contributed by atoms with Crippen LogP contribution in [0.5, 0.6) is 11.5 Å². The highest BCUT2D eigenvalue weighted by Crippen LogP contribution is 2.27. The summed E-state index contributed by atoms with van der Waals surface area (Å²) >= 11 is 0. The summed E-state index contributed by atoms with van der Waals surface area (Å²) in [6.07, 6.45) is 4.55. The van der Waals surface area contributed by atoms with Crippen molar-refractivity contribution in [2.75, 3.05) is 66.5 Å². The topological polar surface area (TPSA) is 363 Å². The first-order valence-electron chi connectivity index (χ1n) is 30.7. The van der Waals surface area contributed by atoms with E-state index in [1.165, 1.54) is 59.7 Å². The molecule has 5 fully saturated rings. The van der Waals surface area contributed by atoms with Crippen LogP contribution in [0.25, 0.3) is 21.8 Å². The summed E-state index contributed by atoms with van der Waals surface area (Å²) in [5, 5.41) is 39.3. The number of hydrogen-bond donors (Lipinski definition) is 8. The van der Waals surface area contributed by atoms with Crippen LogP contribution >= 0.6 is 0 Å². The second-order valence-corrected chi connectivity index (χ2v) is 23.8. The Morgan fingerprint density at radius 3 is 1.17 bits per heavy atom. The predicted octanol–water partition coefficient (Wildman–Crippen LogP) is -0.212. The first-order valence-corrected chi connectivity index (χ1v) is 30.7. The van der Waals surface area contributed by atoms with Crippen molar-refractivity contribution in [3.8, 4) is 11.5 Å². The Kier molecular flexibility index (Phi) is 20.8. The number of pyridine rings is 2. The first kappa shape index (κ1) is 65.0. The molecule has 8 atom stereocenters. The Balaban J connectivity index is 0.998. The quantitative estimate of drug-likeness (QED) is 0.131. The van der Waals surface area contributed by atoms with Gasteiger partial charge in [-0.3, -0.25) is 57.5 Å². The number of amides is 12. The van der Waals surface area contributed by atoms with Crippen molar-refractivity contribution in [3.05, 3.63) is 72.1 Å². The maximum absolute atomic E-state index is 15.0. The SMILES string of the molecule is C[C@@H]1NC(=O)[C@@H]2CCCCN2C(=O)CN(C)C(=O)CNC(=O)[C@H]2CCCCN2C(=O)[C@@H](NC(=O)c2nc3ccccc3cc2O)[C@@H](C)NC(=O)[C@H]2CCCCN2C(=O)CN(C)C(=O)CNC(=O)[C@@H]2CCCCN2C(=O)[C@@H]1NC(=O)c1nc2ccccc2cc1O. The van der Waals surface area contributed by atoms with Gasteiger partial charge in [0.25, 0.3) is 11.8 Å². The van der Waals surface area contributed by atoms with E-state index in [1.54, 1.807) is 48.5 Å². The highest BCUT2D eigenvalue weighted by molar-refractivity contribution is 6.03. The third-order valence-electron chi connectivity index (χ3n) is 17.5. The lowest BCUT2D eigenvalue weighted by atomic mass is 9.97. The van der Waals surface area contributed by atoms with Crippen molar-refractivity contribution >= 4 is 92.7 Å². The van der Waals surface area contributed by atoms with E-state index in [1.807, 2.05) is 0 Å². The minimum absolute atomic E-state index is 0.0218. The number of nitrogens with one attached hydrogen (secondary N) is 6. The molecule has 7 heterocycles. The number of likely N-dealkylation sites (N-methyl/N-ethyl adjacent to an activating group) is 2. The third-order valence-corrected chi connectivity index (χ3v) is 17.5. The average Bonchev–Trinajstić information content (AvgIpc) is 0.974. The molecule has 8 N–H and O–H groups in total. The minimum Gasteiger partial charge on any atom is -0.505 e. The molecule has 28 heteroatoms. The van der Waals surface area contributed by atoms with E-state index < -0.39 is 168 Å². The van der Waals surface area contributed by atoms with Gasteiger partial charge in [-0.15, -0.1) is 0 Å². The van der Waals surface area contributed by atoms with E-state index in [0.717, 1.165) is 9.80 Å². The Hall–Kier alpha value is -9.50. The van der Waals surface area contributed by atoms with E-state index in [9.17, 15) is 58.2 Å². The second-order valence-electron chi connectivity index (χ2n) is 23.8. The summed E-state index contributed by atoms with van der Waals surface area (Å²) in [6.45, 7) is 0.906. The number of carbonyl (C=O) groups is 12. The summed E-state index contributed by atoms with van der Waals surface area (Å²) in [7, 11) is 2.68. The number of hydrogen-bond acceptors (Lipinski definition) is 16. The number of para-hydroxylation sites is 2. The largest absolute Gasteiger partial charge is 0.505 e. The molecular formula is C62H78N14O14. The lowest BCUT2D eigenvalue weighted by molar-refractivity contribution is -0.148. The monoisotopic (exact) mass is 1240 g/mol. The molecule has 480 valence electrons. The van der Waals surface area contributed by atoms with Gasteiger partial charge in [0, 0.05) is 51.0 Å². The number of aromatic hydroxyl groups is 2. The zero-order valence-electron chi connectivity index (χ0n) is 50.9. The van der Waals surface area contributed by atoms with Gasteiger partial charge in [0.1, 0.15) is 47.8 Å². The maximum Gasteiger partial charge on any atom is 0.274 e. The smallest absolute Gasteiger partial charge is 0.274 e. The van der Waals surface area contributed by atoms with Gasteiger partial charge < -0.3 is 71.5 Å². The molecule has 90 heavy (non-hydrogen) atoms. The predicted molar refractivity (Wildman–Crippen MR) is 323 cm³/mol. The van der Waals surface area contributed by atoms with Gasteiger partial charge in [0.05, 0.1) is 49.3 Å². The number of fused-ring (bicyclic) bond motifs is 6. The summed E-state index contributed by atoms with van der Waals surface area (Å²) in [4.78, 5) is 188. The van der Waals surface area contributed by atoms with E-state index >= 15 is 9.59 Å². The summed E-state index contributed by atoms with van der Waals surface area (Å²) < 4.78 is 0. The van der Waals surface area contributed by atoms with Crippen molar-refractivity contribution in [1.82, 2.24) is 71.3 Å². The van der Waals surface area contributed by atoms with E-state index in [-0.39, 0.29) is 51.9 Å². The van der Waals surface area contributed by atoms with E-state index in [0.29, 0.717) is 73.2 Å². The normalized spacial score (nSPS) is 25.7. The molecule has 0 bridgehead atoms. The van der Waals surface area contributed by atoms with Gasteiger partial charge >= 0.3 is 0 Å². The van der Waals surface area contributed by atoms with E-state index in [2.05, 4.69) is 41.9 Å². The van der Waals surface area contributed by atoms with Crippen LogP contribution < -0.4 is 31.9 Å². The summed E-state index contributed by atoms with van der Waals surface area (Å²) in [5.74, 6) is -10.0. The van der Waals surface area contributed by atoms with Gasteiger partial charge in [-0.05, 0) is 115 Å². The molecule has 2 aromatic heterocycles. The zero-order chi connectivity index (χ0) is 64.5. The van der Waals surface area contributed by atoms with Crippen molar-refractivity contribution in [1.29, 1.82) is 0 Å². The Morgan fingerprint density at radius 2 is 0.800 bits per heavy atom. The molecule has 0 unspecified atom stereocenters. The first-order chi connectivity index (χ1) is 43.1. The van der Waals surface area contributed by atoms with Crippen LogP contribution in [-0.4, -0.2) is 235 Å². The number of aromatic nitrogens is 2. The maximum atomic E-state index is 15.0. The molecule has 9 rings (SSSR count). The molecule has 0 spiro atoms. The second kappa shape index (κ2) is 28.8. The van der Waals surface area contributed by atoms with Crippen molar-refractivity contribution < 1.29 is 67.7 Å². The van der Waals surface area contributed by atoms with Gasteiger partial charge in [-0.2, -0.15) is 0 Å². The van der Waals surface area contributed by atoms with Crippen LogP contribution in [0.15, 0.2) is 60.7 Å². The summed E-state index contributed by atoms with van der Waals surface area (Å²) in [6, 6.07) is 5.82. The lowest BCUT2D eigenvalue weighted by Crippen LogP contribution is -2.64. The number of piperidine rings is 4. The Morgan fingerprint density at radius 1 is 0.467 bits per heavy atom. The van der Waals surface area contributed by atoms with Crippen molar-refractivity contribution in [2.24, 2.45) is 0 Å². The van der Waals surface area contributed by atoms with E-state index in [4.69, 9.17) is 0 Å². The van der Waals surface area contributed by atoms with Crippen LogP contribution in [0, 0.1) is 0 Å².